The first-order chi connectivity index (χ1) is 6.77. The van der Waals surface area contributed by atoms with E-state index in [4.69, 9.17) is 5.73 Å². The van der Waals surface area contributed by atoms with Gasteiger partial charge < -0.3 is 5.73 Å². The van der Waals surface area contributed by atoms with Gasteiger partial charge in [-0.1, -0.05) is 36.4 Å². The summed E-state index contributed by atoms with van der Waals surface area (Å²) in [6.07, 6.45) is 0. The Morgan fingerprint density at radius 3 is 2.36 bits per heavy atom. The molecular formula is C12H12N2. The molecular weight excluding hydrogens is 172 g/mol. The van der Waals surface area contributed by atoms with Crippen LogP contribution in [0.2, 0.25) is 0 Å². The number of pyridine rings is 1. The van der Waals surface area contributed by atoms with Crippen molar-refractivity contribution in [3.8, 4) is 11.3 Å². The zero-order chi connectivity index (χ0) is 9.97. The maximum atomic E-state index is 5.75. The van der Waals surface area contributed by atoms with Crippen LogP contribution in [0.1, 0.15) is 5.56 Å². The molecule has 2 aromatic rings. The molecule has 0 amide bonds. The van der Waals surface area contributed by atoms with Gasteiger partial charge in [0.25, 0.3) is 0 Å². The van der Waals surface area contributed by atoms with Gasteiger partial charge in [0.05, 0.1) is 5.69 Å². The average molecular weight is 184 g/mol. The van der Waals surface area contributed by atoms with Crippen molar-refractivity contribution in [3.63, 3.8) is 0 Å². The van der Waals surface area contributed by atoms with Crippen molar-refractivity contribution in [2.24, 2.45) is 0 Å². The van der Waals surface area contributed by atoms with E-state index in [1.165, 1.54) is 0 Å². The van der Waals surface area contributed by atoms with Gasteiger partial charge in [0.2, 0.25) is 0 Å². The predicted molar refractivity (Wildman–Crippen MR) is 58.8 cm³/mol. The summed E-state index contributed by atoms with van der Waals surface area (Å²) in [6, 6.07) is 14.0. The molecule has 1 heterocycles. The van der Waals surface area contributed by atoms with Gasteiger partial charge in [-0.2, -0.15) is 0 Å². The molecule has 0 fully saturated rings. The number of hydrogen-bond donors (Lipinski definition) is 1. The molecule has 2 rings (SSSR count). The average Bonchev–Trinajstić information content (AvgIpc) is 2.23. The van der Waals surface area contributed by atoms with Crippen molar-refractivity contribution in [2.75, 3.05) is 5.73 Å². The van der Waals surface area contributed by atoms with E-state index in [1.54, 1.807) is 0 Å². The summed E-state index contributed by atoms with van der Waals surface area (Å²) in [5, 5.41) is 0. The van der Waals surface area contributed by atoms with Crippen LogP contribution in [0.5, 0.6) is 0 Å². The Morgan fingerprint density at radius 1 is 1.00 bits per heavy atom. The van der Waals surface area contributed by atoms with Crippen molar-refractivity contribution in [2.45, 2.75) is 6.92 Å². The van der Waals surface area contributed by atoms with Gasteiger partial charge in [-0.3, -0.25) is 0 Å². The van der Waals surface area contributed by atoms with Crippen LogP contribution in [0.4, 0.5) is 5.82 Å². The number of nitrogens with zero attached hydrogens (tertiary/aromatic N) is 1. The maximum Gasteiger partial charge on any atom is 0.126 e. The van der Waals surface area contributed by atoms with Gasteiger partial charge in [0.1, 0.15) is 5.82 Å². The highest BCUT2D eigenvalue weighted by Gasteiger charge is 2.00. The zero-order valence-corrected chi connectivity index (χ0v) is 8.07. The molecule has 0 aliphatic rings. The molecule has 70 valence electrons. The summed E-state index contributed by atoms with van der Waals surface area (Å²) >= 11 is 0. The second kappa shape index (κ2) is 3.50. The molecule has 14 heavy (non-hydrogen) atoms. The van der Waals surface area contributed by atoms with E-state index in [2.05, 4.69) is 4.98 Å². The number of hydrogen-bond acceptors (Lipinski definition) is 2. The van der Waals surface area contributed by atoms with Crippen LogP contribution in [-0.4, -0.2) is 4.98 Å². The molecule has 2 heteroatoms. The summed E-state index contributed by atoms with van der Waals surface area (Å²) in [4.78, 5) is 4.32. The lowest BCUT2D eigenvalue weighted by atomic mass is 10.1. The molecule has 0 saturated heterocycles. The number of aromatic nitrogens is 1. The molecule has 0 aliphatic heterocycles. The fourth-order valence-corrected chi connectivity index (χ4v) is 1.31. The number of benzene rings is 1. The minimum absolute atomic E-state index is 0.603. The first kappa shape index (κ1) is 8.75. The van der Waals surface area contributed by atoms with E-state index in [1.807, 2.05) is 49.4 Å². The van der Waals surface area contributed by atoms with E-state index in [0.717, 1.165) is 16.8 Å². The third kappa shape index (κ3) is 1.59. The van der Waals surface area contributed by atoms with Crippen LogP contribution >= 0.6 is 0 Å². The number of rotatable bonds is 1. The Bertz CT molecular complexity index is 435. The van der Waals surface area contributed by atoms with E-state index in [0.29, 0.717) is 5.82 Å². The summed E-state index contributed by atoms with van der Waals surface area (Å²) in [5.41, 5.74) is 8.79. The zero-order valence-electron chi connectivity index (χ0n) is 8.07. The quantitative estimate of drug-likeness (QED) is 0.740. The third-order valence-electron chi connectivity index (χ3n) is 2.21. The minimum Gasteiger partial charge on any atom is -0.383 e. The lowest BCUT2D eigenvalue weighted by molar-refractivity contribution is 1.28. The molecule has 1 aromatic carbocycles. The van der Waals surface area contributed by atoms with E-state index < -0.39 is 0 Å². The lowest BCUT2D eigenvalue weighted by Gasteiger charge is -2.03. The smallest absolute Gasteiger partial charge is 0.126 e. The Kier molecular flexibility index (Phi) is 2.19. The highest BCUT2D eigenvalue weighted by atomic mass is 14.8. The third-order valence-corrected chi connectivity index (χ3v) is 2.21. The molecule has 0 spiro atoms. The number of nitrogens with two attached hydrogens (primary N) is 1. The van der Waals surface area contributed by atoms with Crippen molar-refractivity contribution >= 4 is 5.82 Å². The predicted octanol–water partition coefficient (Wildman–Crippen LogP) is 2.64. The number of aryl methyl sites for hydroxylation is 1. The summed E-state index contributed by atoms with van der Waals surface area (Å²) < 4.78 is 0. The Morgan fingerprint density at radius 2 is 1.71 bits per heavy atom. The second-order valence-corrected chi connectivity index (χ2v) is 3.26. The largest absolute Gasteiger partial charge is 0.383 e. The van der Waals surface area contributed by atoms with Crippen molar-refractivity contribution < 1.29 is 0 Å². The lowest BCUT2D eigenvalue weighted by Crippen LogP contribution is -1.95. The molecule has 2 N–H and O–H groups in total. The van der Waals surface area contributed by atoms with Crippen LogP contribution in [0.3, 0.4) is 0 Å². The summed E-state index contributed by atoms with van der Waals surface area (Å²) in [7, 11) is 0. The normalized spacial score (nSPS) is 10.1. The highest BCUT2D eigenvalue weighted by molar-refractivity contribution is 5.61. The highest BCUT2D eigenvalue weighted by Crippen LogP contribution is 2.18. The Labute approximate surface area is 83.4 Å². The fraction of sp³-hybridized carbons (Fsp3) is 0.0833. The van der Waals surface area contributed by atoms with Gasteiger partial charge >= 0.3 is 0 Å². The Balaban J connectivity index is 2.48. The van der Waals surface area contributed by atoms with Crippen LogP contribution < -0.4 is 5.73 Å². The van der Waals surface area contributed by atoms with Gasteiger partial charge in [-0.25, -0.2) is 4.98 Å². The minimum atomic E-state index is 0.603. The van der Waals surface area contributed by atoms with Crippen molar-refractivity contribution in [1.82, 2.24) is 4.98 Å². The van der Waals surface area contributed by atoms with E-state index in [9.17, 15) is 0 Å². The number of nitrogen functional groups attached to an aromatic ring is 1. The van der Waals surface area contributed by atoms with E-state index >= 15 is 0 Å². The summed E-state index contributed by atoms with van der Waals surface area (Å²) in [5.74, 6) is 0.603. The van der Waals surface area contributed by atoms with Crippen LogP contribution in [-0.2, 0) is 0 Å². The molecule has 0 aliphatic carbocycles. The topological polar surface area (TPSA) is 38.9 Å². The van der Waals surface area contributed by atoms with E-state index in [-0.39, 0.29) is 0 Å². The monoisotopic (exact) mass is 184 g/mol. The maximum absolute atomic E-state index is 5.75. The SMILES string of the molecule is Cc1ccc(-c2ccccc2)nc1N. The molecule has 1 aromatic heterocycles. The summed E-state index contributed by atoms with van der Waals surface area (Å²) in [6.45, 7) is 1.96. The molecule has 0 radical (unpaired) electrons. The molecule has 0 atom stereocenters. The van der Waals surface area contributed by atoms with Crippen LogP contribution in [0, 0.1) is 6.92 Å². The Hall–Kier alpha value is -1.83. The van der Waals surface area contributed by atoms with Gasteiger partial charge in [-0.05, 0) is 18.6 Å². The van der Waals surface area contributed by atoms with Crippen LogP contribution in [0.15, 0.2) is 42.5 Å². The molecule has 2 nitrogen and oxygen atoms in total. The molecule has 0 saturated carbocycles. The fourth-order valence-electron chi connectivity index (χ4n) is 1.31. The van der Waals surface area contributed by atoms with Crippen molar-refractivity contribution in [1.29, 1.82) is 0 Å². The molecule has 0 bridgehead atoms. The number of anilines is 1. The van der Waals surface area contributed by atoms with Gasteiger partial charge in [0.15, 0.2) is 0 Å². The van der Waals surface area contributed by atoms with Crippen LogP contribution in [0.25, 0.3) is 11.3 Å². The first-order valence-corrected chi connectivity index (χ1v) is 4.56. The van der Waals surface area contributed by atoms with Crippen molar-refractivity contribution in [3.05, 3.63) is 48.0 Å². The first-order valence-electron chi connectivity index (χ1n) is 4.56. The van der Waals surface area contributed by atoms with Gasteiger partial charge in [-0.15, -0.1) is 0 Å². The molecule has 0 unspecified atom stereocenters. The van der Waals surface area contributed by atoms with Gasteiger partial charge in [0, 0.05) is 5.56 Å². The standard InChI is InChI=1S/C12H12N2/c1-9-7-8-11(14-12(9)13)10-5-3-2-4-6-10/h2-8H,1H3,(H2,13,14). The second-order valence-electron chi connectivity index (χ2n) is 3.26.